The van der Waals surface area contributed by atoms with E-state index in [4.69, 9.17) is 15.2 Å². The van der Waals surface area contributed by atoms with Crippen LogP contribution in [-0.2, 0) is 11.3 Å². The minimum Gasteiger partial charge on any atom is -0.492 e. The fourth-order valence-corrected chi connectivity index (χ4v) is 2.50. The predicted molar refractivity (Wildman–Crippen MR) is 80.9 cm³/mol. The summed E-state index contributed by atoms with van der Waals surface area (Å²) in [6.45, 7) is 5.23. The van der Waals surface area contributed by atoms with Crippen LogP contribution in [0.25, 0.3) is 0 Å². The fraction of sp³-hybridized carbons (Fsp3) is 0.625. The Morgan fingerprint density at radius 1 is 1.25 bits per heavy atom. The van der Waals surface area contributed by atoms with Crippen LogP contribution in [0.1, 0.15) is 18.4 Å². The molecule has 2 rings (SSSR count). The van der Waals surface area contributed by atoms with Crippen molar-refractivity contribution in [2.24, 2.45) is 11.7 Å². The molecule has 1 saturated heterocycles. The predicted octanol–water partition coefficient (Wildman–Crippen LogP) is 1.88. The minimum absolute atomic E-state index is 0.578. The number of ether oxygens (including phenoxy) is 2. The third kappa shape index (κ3) is 5.12. The maximum Gasteiger partial charge on any atom is 0.119 e. The lowest BCUT2D eigenvalue weighted by molar-refractivity contribution is 0.0543. The van der Waals surface area contributed by atoms with Gasteiger partial charge in [-0.2, -0.15) is 0 Å². The molecule has 0 amide bonds. The third-order valence-corrected chi connectivity index (χ3v) is 3.81. The molecule has 20 heavy (non-hydrogen) atoms. The summed E-state index contributed by atoms with van der Waals surface area (Å²) in [5.74, 6) is 1.69. The molecule has 0 spiro atoms. The van der Waals surface area contributed by atoms with Gasteiger partial charge in [-0.15, -0.1) is 0 Å². The van der Waals surface area contributed by atoms with E-state index in [9.17, 15) is 0 Å². The number of hydrogen-bond acceptors (Lipinski definition) is 4. The molecule has 4 nitrogen and oxygen atoms in total. The van der Waals surface area contributed by atoms with Crippen LogP contribution in [0.5, 0.6) is 5.75 Å². The van der Waals surface area contributed by atoms with Crippen molar-refractivity contribution >= 4 is 0 Å². The highest BCUT2D eigenvalue weighted by Crippen LogP contribution is 2.15. The molecule has 0 unspecified atom stereocenters. The van der Waals surface area contributed by atoms with Crippen molar-refractivity contribution in [2.75, 3.05) is 40.0 Å². The molecule has 1 fully saturated rings. The number of hydrogen-bond donors (Lipinski definition) is 1. The lowest BCUT2D eigenvalue weighted by atomic mass is 10.00. The normalized spacial score (nSPS) is 16.6. The van der Waals surface area contributed by atoms with Gasteiger partial charge in [0.25, 0.3) is 0 Å². The largest absolute Gasteiger partial charge is 0.492 e. The molecular formula is C16H26N2O2. The molecule has 0 radical (unpaired) electrons. The average Bonchev–Trinajstić information content (AvgIpc) is 2.49. The second-order valence-electron chi connectivity index (χ2n) is 5.51. The Kier molecular flexibility index (Phi) is 6.30. The van der Waals surface area contributed by atoms with E-state index in [1.807, 2.05) is 24.3 Å². The van der Waals surface area contributed by atoms with E-state index in [1.54, 1.807) is 0 Å². The van der Waals surface area contributed by atoms with Crippen LogP contribution in [0.15, 0.2) is 24.3 Å². The van der Waals surface area contributed by atoms with Crippen molar-refractivity contribution in [2.45, 2.75) is 19.4 Å². The first kappa shape index (κ1) is 15.3. The maximum atomic E-state index is 5.76. The van der Waals surface area contributed by atoms with E-state index in [0.717, 1.165) is 50.1 Å². The Hall–Kier alpha value is -1.10. The number of likely N-dealkylation sites (N-methyl/N-ethyl adjacent to an activating group) is 1. The maximum absolute atomic E-state index is 5.76. The Bertz CT molecular complexity index is 375. The lowest BCUT2D eigenvalue weighted by Gasteiger charge is -2.27. The minimum atomic E-state index is 0.578. The van der Waals surface area contributed by atoms with Crippen LogP contribution >= 0.6 is 0 Å². The van der Waals surface area contributed by atoms with Crippen LogP contribution in [0.4, 0.5) is 0 Å². The molecule has 1 aliphatic heterocycles. The Labute approximate surface area is 121 Å². The van der Waals surface area contributed by atoms with E-state index in [-0.39, 0.29) is 0 Å². The van der Waals surface area contributed by atoms with Crippen molar-refractivity contribution in [1.29, 1.82) is 0 Å². The van der Waals surface area contributed by atoms with Crippen LogP contribution in [-0.4, -0.2) is 44.9 Å². The van der Waals surface area contributed by atoms with Crippen molar-refractivity contribution < 1.29 is 9.47 Å². The number of nitrogens with two attached hydrogens (primary N) is 1. The highest BCUT2D eigenvalue weighted by molar-refractivity contribution is 5.27. The third-order valence-electron chi connectivity index (χ3n) is 3.81. The van der Waals surface area contributed by atoms with Gasteiger partial charge in [0, 0.05) is 32.8 Å². The molecule has 112 valence electrons. The molecule has 0 atom stereocenters. The zero-order valence-corrected chi connectivity index (χ0v) is 12.4. The number of nitrogens with zero attached hydrogens (tertiary/aromatic N) is 1. The topological polar surface area (TPSA) is 47.7 Å². The monoisotopic (exact) mass is 278 g/mol. The van der Waals surface area contributed by atoms with Crippen LogP contribution in [0.3, 0.4) is 0 Å². The molecule has 4 heteroatoms. The SMILES string of the molecule is CN(CCOc1ccc(CN)cc1)CC1CCOCC1. The summed E-state index contributed by atoms with van der Waals surface area (Å²) in [5.41, 5.74) is 6.71. The van der Waals surface area contributed by atoms with E-state index in [0.29, 0.717) is 6.54 Å². The van der Waals surface area contributed by atoms with Gasteiger partial charge in [-0.1, -0.05) is 12.1 Å². The lowest BCUT2D eigenvalue weighted by Crippen LogP contribution is -2.32. The molecule has 0 saturated carbocycles. The zero-order valence-electron chi connectivity index (χ0n) is 12.4. The Balaban J connectivity index is 1.63. The molecule has 0 aromatic heterocycles. The van der Waals surface area contributed by atoms with Crippen LogP contribution < -0.4 is 10.5 Å². The van der Waals surface area contributed by atoms with E-state index in [1.165, 1.54) is 12.8 Å². The molecule has 0 bridgehead atoms. The smallest absolute Gasteiger partial charge is 0.119 e. The summed E-state index contributed by atoms with van der Waals surface area (Å²) in [6, 6.07) is 8.00. The summed E-state index contributed by atoms with van der Waals surface area (Å²) in [7, 11) is 2.16. The van der Waals surface area contributed by atoms with E-state index in [2.05, 4.69) is 11.9 Å². The molecule has 1 aromatic rings. The quantitative estimate of drug-likeness (QED) is 0.827. The summed E-state index contributed by atoms with van der Waals surface area (Å²) < 4.78 is 11.1. The van der Waals surface area contributed by atoms with Gasteiger partial charge < -0.3 is 20.1 Å². The van der Waals surface area contributed by atoms with Crippen LogP contribution in [0, 0.1) is 5.92 Å². The molecule has 1 aliphatic rings. The standard InChI is InChI=1S/C16H26N2O2/c1-18(13-15-6-9-19-10-7-15)8-11-20-16-4-2-14(12-17)3-5-16/h2-5,15H,6-13,17H2,1H3. The van der Waals surface area contributed by atoms with Gasteiger partial charge in [-0.3, -0.25) is 0 Å². The van der Waals surface area contributed by atoms with E-state index >= 15 is 0 Å². The molecule has 2 N–H and O–H groups in total. The highest BCUT2D eigenvalue weighted by atomic mass is 16.5. The summed E-state index contributed by atoms with van der Waals surface area (Å²) in [4.78, 5) is 2.35. The van der Waals surface area contributed by atoms with E-state index < -0.39 is 0 Å². The molecule has 1 aromatic carbocycles. The van der Waals surface area contributed by atoms with Crippen molar-refractivity contribution in [1.82, 2.24) is 4.90 Å². The zero-order chi connectivity index (χ0) is 14.2. The van der Waals surface area contributed by atoms with Gasteiger partial charge in [0.05, 0.1) is 0 Å². The molecular weight excluding hydrogens is 252 g/mol. The van der Waals surface area contributed by atoms with Gasteiger partial charge in [0.2, 0.25) is 0 Å². The Morgan fingerprint density at radius 2 is 1.95 bits per heavy atom. The van der Waals surface area contributed by atoms with Crippen molar-refractivity contribution in [3.63, 3.8) is 0 Å². The van der Waals surface area contributed by atoms with Gasteiger partial charge >= 0.3 is 0 Å². The second kappa shape index (κ2) is 8.25. The number of rotatable bonds is 7. The number of benzene rings is 1. The highest BCUT2D eigenvalue weighted by Gasteiger charge is 2.15. The molecule has 1 heterocycles. The van der Waals surface area contributed by atoms with Gasteiger partial charge in [0.1, 0.15) is 12.4 Å². The van der Waals surface area contributed by atoms with Crippen molar-refractivity contribution in [3.8, 4) is 5.75 Å². The first-order valence-electron chi connectivity index (χ1n) is 7.46. The summed E-state index contributed by atoms with van der Waals surface area (Å²) >= 11 is 0. The van der Waals surface area contributed by atoms with Gasteiger partial charge in [0.15, 0.2) is 0 Å². The second-order valence-corrected chi connectivity index (χ2v) is 5.51. The van der Waals surface area contributed by atoms with Gasteiger partial charge in [-0.25, -0.2) is 0 Å². The average molecular weight is 278 g/mol. The fourth-order valence-electron chi connectivity index (χ4n) is 2.50. The first-order valence-corrected chi connectivity index (χ1v) is 7.46. The summed E-state index contributed by atoms with van der Waals surface area (Å²) in [5, 5.41) is 0. The van der Waals surface area contributed by atoms with Gasteiger partial charge in [-0.05, 0) is 43.5 Å². The molecule has 0 aliphatic carbocycles. The van der Waals surface area contributed by atoms with Crippen LogP contribution in [0.2, 0.25) is 0 Å². The summed E-state index contributed by atoms with van der Waals surface area (Å²) in [6.07, 6.45) is 2.37. The van der Waals surface area contributed by atoms with Crippen molar-refractivity contribution in [3.05, 3.63) is 29.8 Å². The Morgan fingerprint density at radius 3 is 2.60 bits per heavy atom. The first-order chi connectivity index (χ1) is 9.78.